The summed E-state index contributed by atoms with van der Waals surface area (Å²) in [6.45, 7) is 2.89. The molecule has 2 aromatic rings. The summed E-state index contributed by atoms with van der Waals surface area (Å²) in [5, 5.41) is 1.46. The summed E-state index contributed by atoms with van der Waals surface area (Å²) in [6.07, 6.45) is -13.9. The molecule has 46 heavy (non-hydrogen) atoms. The van der Waals surface area contributed by atoms with Crippen molar-refractivity contribution in [3.05, 3.63) is 24.3 Å². The number of amides is 1. The quantitative estimate of drug-likeness (QED) is 0.267. The number of methoxy groups -OCH3 is 1. The summed E-state index contributed by atoms with van der Waals surface area (Å²) in [5.74, 6) is -7.77. The summed E-state index contributed by atoms with van der Waals surface area (Å²) in [6, 6.07) is 4.40. The van der Waals surface area contributed by atoms with E-state index in [1.165, 1.54) is 0 Å². The Bertz CT molecular complexity index is 1450. The lowest BCUT2D eigenvalue weighted by molar-refractivity contribution is -0.226. The van der Waals surface area contributed by atoms with Crippen molar-refractivity contribution in [1.29, 1.82) is 0 Å². The number of para-hydroxylation sites is 2. The number of alkyl halides is 3. The van der Waals surface area contributed by atoms with Crippen molar-refractivity contribution in [2.45, 2.75) is 80.9 Å². The van der Waals surface area contributed by atoms with E-state index in [1.807, 2.05) is 0 Å². The fourth-order valence-corrected chi connectivity index (χ4v) is 5.67. The van der Waals surface area contributed by atoms with Crippen LogP contribution >= 0.6 is 11.8 Å². The average Bonchev–Trinajstić information content (AvgIpc) is 3.35. The summed E-state index contributed by atoms with van der Waals surface area (Å²) in [5.41, 5.74) is 0.622. The Labute approximate surface area is 262 Å². The molecule has 19 heteroatoms. The Morgan fingerprint density at radius 3 is 2.22 bits per heavy atom. The van der Waals surface area contributed by atoms with Crippen molar-refractivity contribution >= 4 is 58.6 Å². The molecule has 1 aliphatic heterocycles. The third-order valence-corrected chi connectivity index (χ3v) is 7.32. The number of thioether (sulfide) groups is 1. The molecule has 1 aliphatic rings. The van der Waals surface area contributed by atoms with E-state index in [0.29, 0.717) is 17.3 Å². The first-order valence-electron chi connectivity index (χ1n) is 13.3. The molecular formula is C27H29F3N2O13S. The van der Waals surface area contributed by atoms with Gasteiger partial charge in [-0.3, -0.25) is 24.0 Å². The molecule has 1 aromatic carbocycles. The number of hydrogen-bond acceptors (Lipinski definition) is 15. The minimum absolute atomic E-state index is 0.204. The van der Waals surface area contributed by atoms with Crippen LogP contribution in [0.2, 0.25) is 0 Å². The van der Waals surface area contributed by atoms with Gasteiger partial charge in [0.05, 0.1) is 13.2 Å². The van der Waals surface area contributed by atoms with Crippen LogP contribution in [0.25, 0.3) is 11.1 Å². The number of carbonyl (C=O) groups is 6. The zero-order valence-corrected chi connectivity index (χ0v) is 25.7. The first-order valence-corrected chi connectivity index (χ1v) is 14.1. The highest BCUT2D eigenvalue weighted by molar-refractivity contribution is 8.01. The molecule has 0 saturated carbocycles. The highest BCUT2D eigenvalue weighted by Gasteiger charge is 2.60. The SMILES string of the molecule is COC(=O)[C@@]1(Sc2nc3ccccc3o2)C[C@H](OC(C)=O)[C@@H](NC(=O)C(F)(F)F)[C@H]([C@H](OC(C)=O)[C@@H](COC(C)=O)OC(C)=O)O1. The van der Waals surface area contributed by atoms with Crippen molar-refractivity contribution in [3.63, 3.8) is 0 Å². The maximum Gasteiger partial charge on any atom is 0.471 e. The number of aromatic nitrogens is 1. The van der Waals surface area contributed by atoms with Gasteiger partial charge in [-0.2, -0.15) is 13.2 Å². The highest BCUT2D eigenvalue weighted by atomic mass is 32.2. The first-order chi connectivity index (χ1) is 21.5. The third kappa shape index (κ3) is 9.09. The van der Waals surface area contributed by atoms with Crippen LogP contribution in [-0.2, 0) is 57.2 Å². The normalized spacial score (nSPS) is 22.6. The fourth-order valence-electron chi connectivity index (χ4n) is 4.54. The minimum Gasteiger partial charge on any atom is -0.466 e. The van der Waals surface area contributed by atoms with Crippen molar-refractivity contribution in [2.75, 3.05) is 13.7 Å². The number of oxazole rings is 1. The van der Waals surface area contributed by atoms with Crippen LogP contribution in [0.1, 0.15) is 34.1 Å². The first kappa shape index (κ1) is 36.1. The highest BCUT2D eigenvalue weighted by Crippen LogP contribution is 2.46. The Kier molecular flexibility index (Phi) is 11.6. The predicted octanol–water partition coefficient (Wildman–Crippen LogP) is 1.98. The maximum absolute atomic E-state index is 13.5. The van der Waals surface area contributed by atoms with Gasteiger partial charge in [-0.25, -0.2) is 9.78 Å². The second-order valence-electron chi connectivity index (χ2n) is 9.75. The van der Waals surface area contributed by atoms with Gasteiger partial charge in [-0.05, 0) is 23.9 Å². The summed E-state index contributed by atoms with van der Waals surface area (Å²) in [7, 11) is 0.958. The van der Waals surface area contributed by atoms with Crippen LogP contribution in [0.4, 0.5) is 13.2 Å². The zero-order chi connectivity index (χ0) is 34.4. The lowest BCUT2D eigenvalue weighted by atomic mass is 9.89. The maximum atomic E-state index is 13.5. The largest absolute Gasteiger partial charge is 0.471 e. The van der Waals surface area contributed by atoms with E-state index >= 15 is 0 Å². The smallest absolute Gasteiger partial charge is 0.466 e. The van der Waals surface area contributed by atoms with Gasteiger partial charge in [0.25, 0.3) is 5.22 Å². The monoisotopic (exact) mass is 678 g/mol. The van der Waals surface area contributed by atoms with E-state index in [4.69, 9.17) is 32.8 Å². The molecule has 15 nitrogen and oxygen atoms in total. The number of benzene rings is 1. The van der Waals surface area contributed by atoms with Gasteiger partial charge in [0, 0.05) is 34.1 Å². The summed E-state index contributed by atoms with van der Waals surface area (Å²) >= 11 is 0.477. The molecule has 1 amide bonds. The molecule has 0 spiro atoms. The van der Waals surface area contributed by atoms with Crippen LogP contribution in [0.3, 0.4) is 0 Å². The van der Waals surface area contributed by atoms with Crippen molar-refractivity contribution in [3.8, 4) is 0 Å². The molecule has 0 radical (unpaired) electrons. The van der Waals surface area contributed by atoms with Crippen molar-refractivity contribution in [2.24, 2.45) is 0 Å². The average molecular weight is 679 g/mol. The molecule has 252 valence electrons. The fraction of sp³-hybridized carbons (Fsp3) is 0.519. The number of ether oxygens (including phenoxy) is 6. The summed E-state index contributed by atoms with van der Waals surface area (Å²) < 4.78 is 78.1. The number of halogens is 3. The molecular weight excluding hydrogens is 649 g/mol. The molecule has 0 aliphatic carbocycles. The molecule has 0 bridgehead atoms. The van der Waals surface area contributed by atoms with E-state index in [2.05, 4.69) is 4.98 Å². The van der Waals surface area contributed by atoms with Gasteiger partial charge < -0.3 is 38.2 Å². The van der Waals surface area contributed by atoms with Gasteiger partial charge in [0.1, 0.15) is 24.3 Å². The molecule has 2 heterocycles. The van der Waals surface area contributed by atoms with E-state index < -0.39 is 90.3 Å². The lowest BCUT2D eigenvalue weighted by Crippen LogP contribution is -2.68. The molecule has 0 unspecified atom stereocenters. The van der Waals surface area contributed by atoms with E-state index in [0.717, 1.165) is 34.8 Å². The van der Waals surface area contributed by atoms with Crippen LogP contribution in [0.15, 0.2) is 33.9 Å². The van der Waals surface area contributed by atoms with E-state index in [-0.39, 0.29) is 10.8 Å². The number of fused-ring (bicyclic) bond motifs is 1. The number of carbonyl (C=O) groups excluding carboxylic acids is 6. The van der Waals surface area contributed by atoms with E-state index in [1.54, 1.807) is 29.6 Å². The second-order valence-corrected chi connectivity index (χ2v) is 11.0. The minimum atomic E-state index is -5.47. The predicted molar refractivity (Wildman–Crippen MR) is 145 cm³/mol. The standard InChI is InChI=1S/C27H29F3N2O13S/c1-12(33)40-11-19(42-14(3)35)21(43-15(4)36)22-20(32-23(37)27(28,29)30)18(41-13(2)34)10-26(45-22,24(38)39-5)46-25-31-16-8-6-7-9-17(16)44-25/h6-9,18-22H,10-11H2,1-5H3,(H,32,37)/t18-,19+,20+,21+,22+,26-/m0/s1. The van der Waals surface area contributed by atoms with Gasteiger partial charge >= 0.3 is 41.9 Å². The van der Waals surface area contributed by atoms with Gasteiger partial charge in [0.2, 0.25) is 4.93 Å². The number of nitrogens with one attached hydrogen (secondary N) is 1. The molecule has 1 saturated heterocycles. The zero-order valence-electron chi connectivity index (χ0n) is 24.9. The molecule has 1 N–H and O–H groups in total. The van der Waals surface area contributed by atoms with Crippen LogP contribution in [-0.4, -0.2) is 96.0 Å². The number of hydrogen-bond donors (Lipinski definition) is 1. The number of esters is 5. The molecule has 3 rings (SSSR count). The topological polar surface area (TPSA) is 196 Å². The Morgan fingerprint density at radius 1 is 1.02 bits per heavy atom. The molecule has 1 aromatic heterocycles. The third-order valence-electron chi connectivity index (χ3n) is 6.21. The van der Waals surface area contributed by atoms with Gasteiger partial charge in [-0.1, -0.05) is 12.1 Å². The Hall–Kier alpha value is -4.39. The molecule has 1 fully saturated rings. The van der Waals surface area contributed by atoms with Crippen LogP contribution in [0.5, 0.6) is 0 Å². The summed E-state index contributed by atoms with van der Waals surface area (Å²) in [4.78, 5) is 75.8. The molecule has 6 atom stereocenters. The van der Waals surface area contributed by atoms with Crippen LogP contribution < -0.4 is 5.32 Å². The number of rotatable bonds is 11. The lowest BCUT2D eigenvalue weighted by Gasteiger charge is -2.48. The van der Waals surface area contributed by atoms with Gasteiger partial charge in [0.15, 0.2) is 17.8 Å². The van der Waals surface area contributed by atoms with Crippen LogP contribution in [0, 0.1) is 0 Å². The Balaban J connectivity index is 2.26. The Morgan fingerprint density at radius 2 is 1.67 bits per heavy atom. The van der Waals surface area contributed by atoms with Crippen molar-refractivity contribution in [1.82, 2.24) is 10.3 Å². The number of nitrogens with zero attached hydrogens (tertiary/aromatic N) is 1. The van der Waals surface area contributed by atoms with E-state index in [9.17, 15) is 41.9 Å². The van der Waals surface area contributed by atoms with Gasteiger partial charge in [-0.15, -0.1) is 0 Å². The second kappa shape index (κ2) is 14.8. The van der Waals surface area contributed by atoms with Crippen molar-refractivity contribution < 1.29 is 74.8 Å².